The van der Waals surface area contributed by atoms with E-state index in [1.807, 2.05) is 42.5 Å². The van der Waals surface area contributed by atoms with Crippen molar-refractivity contribution in [3.63, 3.8) is 0 Å². The number of aryl methyl sites for hydroxylation is 1. The van der Waals surface area contributed by atoms with Gasteiger partial charge in [0, 0.05) is 6.54 Å². The smallest absolute Gasteiger partial charge is 0.352 e. The molecule has 5 aromatic rings. The molecule has 0 aliphatic carbocycles. The van der Waals surface area contributed by atoms with E-state index in [-0.39, 0.29) is 12.3 Å². The van der Waals surface area contributed by atoms with E-state index in [0.29, 0.717) is 45.2 Å². The number of fused-ring (bicyclic) bond motifs is 3. The Morgan fingerprint density at radius 2 is 1.94 bits per heavy atom. The van der Waals surface area contributed by atoms with Gasteiger partial charge in [-0.15, -0.1) is 5.10 Å². The number of benzene rings is 2. The predicted octanol–water partition coefficient (Wildman–Crippen LogP) is 4.45. The summed E-state index contributed by atoms with van der Waals surface area (Å²) in [7, 11) is 0. The van der Waals surface area contributed by atoms with Gasteiger partial charge < -0.3 is 9.72 Å². The van der Waals surface area contributed by atoms with Gasteiger partial charge in [0.25, 0.3) is 0 Å². The summed E-state index contributed by atoms with van der Waals surface area (Å²) in [6.07, 6.45) is 1.81. The van der Waals surface area contributed by atoms with Crippen LogP contribution in [0.3, 0.4) is 0 Å². The van der Waals surface area contributed by atoms with Crippen LogP contribution in [0.5, 0.6) is 5.75 Å². The Labute approximate surface area is 202 Å². The van der Waals surface area contributed by atoms with Gasteiger partial charge in [0.05, 0.1) is 11.6 Å². The summed E-state index contributed by atoms with van der Waals surface area (Å²) in [5, 5.41) is 13.5. The third-order valence-electron chi connectivity index (χ3n) is 5.48. The van der Waals surface area contributed by atoms with E-state index < -0.39 is 0 Å². The van der Waals surface area contributed by atoms with Crippen LogP contribution < -0.4 is 10.4 Å². The zero-order valence-corrected chi connectivity index (χ0v) is 19.9. The Kier molecular flexibility index (Phi) is 5.86. The van der Waals surface area contributed by atoms with Gasteiger partial charge in [-0.1, -0.05) is 37.6 Å². The highest BCUT2D eigenvalue weighted by molar-refractivity contribution is 9.10. The molecule has 0 aliphatic rings. The van der Waals surface area contributed by atoms with Crippen LogP contribution in [0.25, 0.3) is 27.9 Å². The summed E-state index contributed by atoms with van der Waals surface area (Å²) in [4.78, 5) is 25.1. The molecular weight excluding hydrogens is 498 g/mol. The highest BCUT2D eigenvalue weighted by Gasteiger charge is 2.18. The summed E-state index contributed by atoms with van der Waals surface area (Å²) < 4.78 is 9.32. The number of hydrogen-bond acceptors (Lipinski definition) is 6. The predicted molar refractivity (Wildman–Crippen MR) is 130 cm³/mol. The van der Waals surface area contributed by atoms with Crippen LogP contribution >= 0.6 is 15.9 Å². The molecule has 0 radical (unpaired) electrons. The minimum atomic E-state index is -0.280. The van der Waals surface area contributed by atoms with Crippen molar-refractivity contribution < 1.29 is 4.74 Å². The molecule has 170 valence electrons. The number of rotatable bonds is 7. The molecule has 0 atom stereocenters. The number of imidazole rings is 1. The first-order valence-electron chi connectivity index (χ1n) is 10.8. The molecule has 5 rings (SSSR count). The summed E-state index contributed by atoms with van der Waals surface area (Å²) >= 11 is 3.36. The van der Waals surface area contributed by atoms with Crippen molar-refractivity contribution in [2.24, 2.45) is 0 Å². The number of nitriles is 1. The Bertz CT molecular complexity index is 1590. The number of H-pyrrole nitrogens is 1. The molecule has 3 aromatic heterocycles. The lowest BCUT2D eigenvalue weighted by atomic mass is 10.0. The van der Waals surface area contributed by atoms with E-state index in [0.717, 1.165) is 24.0 Å². The fraction of sp³-hybridized carbons (Fsp3) is 0.208. The van der Waals surface area contributed by atoms with Crippen molar-refractivity contribution in [2.75, 3.05) is 0 Å². The van der Waals surface area contributed by atoms with Crippen LogP contribution in [0, 0.1) is 11.3 Å². The van der Waals surface area contributed by atoms with E-state index in [1.165, 1.54) is 4.52 Å². The maximum atomic E-state index is 13.1. The molecule has 10 heteroatoms. The van der Waals surface area contributed by atoms with Gasteiger partial charge in [0.1, 0.15) is 17.9 Å². The normalized spacial score (nSPS) is 11.2. The quantitative estimate of drug-likeness (QED) is 0.319. The van der Waals surface area contributed by atoms with Gasteiger partial charge in [-0.05, 0) is 57.7 Å². The van der Waals surface area contributed by atoms with E-state index in [2.05, 4.69) is 49.0 Å². The fourth-order valence-electron chi connectivity index (χ4n) is 3.78. The van der Waals surface area contributed by atoms with Crippen molar-refractivity contribution >= 4 is 32.7 Å². The van der Waals surface area contributed by atoms with Gasteiger partial charge in [0.15, 0.2) is 21.9 Å². The molecule has 0 saturated carbocycles. The van der Waals surface area contributed by atoms with E-state index in [9.17, 15) is 4.79 Å². The van der Waals surface area contributed by atoms with E-state index in [1.54, 1.807) is 10.6 Å². The second kappa shape index (κ2) is 9.11. The molecule has 0 fully saturated rings. The standard InChI is InChI=1S/C24H20BrN7O2/c1-2-3-11-31-21-20(28-23(25)29-21)22-27-19(30-32(22)24(31)33)14-34-18-9-7-16(8-10-18)17-6-4-5-15(12-17)13-26/h4-10,12H,2-3,11,14H2,1H3,(H,28,29). The maximum Gasteiger partial charge on any atom is 0.352 e. The van der Waals surface area contributed by atoms with Crippen LogP contribution in [0.15, 0.2) is 58.1 Å². The third-order valence-corrected chi connectivity index (χ3v) is 5.86. The summed E-state index contributed by atoms with van der Waals surface area (Å²) in [6.45, 7) is 2.73. The molecule has 0 unspecified atom stereocenters. The Balaban J connectivity index is 1.40. The first kappa shape index (κ1) is 21.9. The van der Waals surface area contributed by atoms with Gasteiger partial charge >= 0.3 is 5.69 Å². The lowest BCUT2D eigenvalue weighted by Crippen LogP contribution is -2.28. The summed E-state index contributed by atoms with van der Waals surface area (Å²) in [6, 6.07) is 17.2. The Morgan fingerprint density at radius 1 is 1.12 bits per heavy atom. The van der Waals surface area contributed by atoms with Crippen LogP contribution in [0.1, 0.15) is 31.2 Å². The molecule has 0 saturated heterocycles. The largest absolute Gasteiger partial charge is 0.486 e. The zero-order valence-electron chi connectivity index (χ0n) is 18.3. The minimum absolute atomic E-state index is 0.107. The average Bonchev–Trinajstić information content (AvgIpc) is 3.47. The summed E-state index contributed by atoms with van der Waals surface area (Å²) in [5.41, 5.74) is 3.88. The topological polar surface area (TPSA) is 114 Å². The molecule has 0 bridgehead atoms. The number of ether oxygens (including phenoxy) is 1. The number of hydrogen-bond donors (Lipinski definition) is 1. The lowest BCUT2D eigenvalue weighted by molar-refractivity contribution is 0.296. The van der Waals surface area contributed by atoms with Crippen LogP contribution in [0.2, 0.25) is 0 Å². The summed E-state index contributed by atoms with van der Waals surface area (Å²) in [5.74, 6) is 1.04. The van der Waals surface area contributed by atoms with Crippen molar-refractivity contribution in [2.45, 2.75) is 32.9 Å². The fourth-order valence-corrected chi connectivity index (χ4v) is 4.15. The van der Waals surface area contributed by atoms with Gasteiger partial charge in [-0.25, -0.2) is 14.8 Å². The van der Waals surface area contributed by atoms with Crippen LogP contribution in [-0.4, -0.2) is 29.1 Å². The molecular formula is C24H20BrN7O2. The van der Waals surface area contributed by atoms with E-state index in [4.69, 9.17) is 10.00 Å². The number of halogens is 1. The number of nitrogens with zero attached hydrogens (tertiary/aromatic N) is 6. The number of aromatic nitrogens is 6. The van der Waals surface area contributed by atoms with E-state index >= 15 is 0 Å². The third kappa shape index (κ3) is 4.06. The molecule has 1 N–H and O–H groups in total. The molecule has 0 spiro atoms. The zero-order chi connectivity index (χ0) is 23.7. The molecule has 0 aliphatic heterocycles. The number of aromatic amines is 1. The van der Waals surface area contributed by atoms with Crippen LogP contribution in [-0.2, 0) is 13.2 Å². The van der Waals surface area contributed by atoms with Crippen LogP contribution in [0.4, 0.5) is 0 Å². The number of nitrogens with one attached hydrogen (secondary N) is 1. The molecule has 9 nitrogen and oxygen atoms in total. The Hall–Kier alpha value is -3.97. The highest BCUT2D eigenvalue weighted by atomic mass is 79.9. The lowest BCUT2D eigenvalue weighted by Gasteiger charge is -2.06. The molecule has 3 heterocycles. The molecule has 0 amide bonds. The monoisotopic (exact) mass is 517 g/mol. The Morgan fingerprint density at radius 3 is 2.71 bits per heavy atom. The first-order valence-corrected chi connectivity index (χ1v) is 11.6. The molecule has 34 heavy (non-hydrogen) atoms. The number of unbranched alkanes of at least 4 members (excludes halogenated alkanes) is 1. The minimum Gasteiger partial charge on any atom is -0.486 e. The van der Waals surface area contributed by atoms with Crippen molar-refractivity contribution in [3.05, 3.63) is 75.1 Å². The average molecular weight is 518 g/mol. The van der Waals surface area contributed by atoms with Crippen molar-refractivity contribution in [1.29, 1.82) is 5.26 Å². The van der Waals surface area contributed by atoms with Crippen molar-refractivity contribution in [3.8, 4) is 22.9 Å². The maximum absolute atomic E-state index is 13.1. The van der Waals surface area contributed by atoms with Crippen molar-refractivity contribution in [1.82, 2.24) is 29.1 Å². The SMILES string of the molecule is CCCCn1c(=O)n2nc(COc3ccc(-c4cccc(C#N)c4)cc3)nc2c2[nH]c(Br)nc21. The van der Waals surface area contributed by atoms with Gasteiger partial charge in [-0.2, -0.15) is 9.78 Å². The molecule has 2 aromatic carbocycles. The first-order chi connectivity index (χ1) is 16.6. The van der Waals surface area contributed by atoms with Gasteiger partial charge in [-0.3, -0.25) is 4.57 Å². The van der Waals surface area contributed by atoms with Gasteiger partial charge in [0.2, 0.25) is 0 Å². The highest BCUT2D eigenvalue weighted by Crippen LogP contribution is 2.24. The second-order valence-corrected chi connectivity index (χ2v) is 8.53. The second-order valence-electron chi connectivity index (χ2n) is 7.78.